The molecule has 2 N–H and O–H groups in total. The second-order valence-electron chi connectivity index (χ2n) is 5.59. The third kappa shape index (κ3) is 3.53. The summed E-state index contributed by atoms with van der Waals surface area (Å²) >= 11 is 5.02. The third-order valence-corrected chi connectivity index (χ3v) is 4.20. The Morgan fingerprint density at radius 1 is 1.42 bits per heavy atom. The molecule has 0 saturated carbocycles. The molecule has 1 unspecified atom stereocenters. The maximum Gasteiger partial charge on any atom is 0.103 e. The van der Waals surface area contributed by atoms with Crippen LogP contribution in [0.15, 0.2) is 18.2 Å². The Bertz CT molecular complexity index is 472. The Morgan fingerprint density at radius 2 is 2.16 bits per heavy atom. The SMILES string of the molecule is Cc1cc(C(N)=S)ccc1CN1CCN(C)CC1C. The molecule has 0 radical (unpaired) electrons. The van der Waals surface area contributed by atoms with E-state index in [0.29, 0.717) is 11.0 Å². The first-order chi connectivity index (χ1) is 8.97. The monoisotopic (exact) mass is 277 g/mol. The number of hydrogen-bond donors (Lipinski definition) is 1. The summed E-state index contributed by atoms with van der Waals surface area (Å²) in [6.45, 7) is 8.87. The minimum Gasteiger partial charge on any atom is -0.389 e. The van der Waals surface area contributed by atoms with E-state index in [9.17, 15) is 0 Å². The van der Waals surface area contributed by atoms with Crippen LogP contribution in [0.4, 0.5) is 0 Å². The lowest BCUT2D eigenvalue weighted by molar-refractivity contribution is 0.0937. The summed E-state index contributed by atoms with van der Waals surface area (Å²) in [6.07, 6.45) is 0. The van der Waals surface area contributed by atoms with Crippen LogP contribution in [0, 0.1) is 6.92 Å². The molecule has 1 heterocycles. The molecule has 1 aromatic rings. The van der Waals surface area contributed by atoms with Crippen LogP contribution in [0.3, 0.4) is 0 Å². The number of nitrogens with zero attached hydrogens (tertiary/aromatic N) is 2. The van der Waals surface area contributed by atoms with Crippen LogP contribution in [-0.4, -0.2) is 47.5 Å². The van der Waals surface area contributed by atoms with Gasteiger partial charge in [0, 0.05) is 37.8 Å². The van der Waals surface area contributed by atoms with E-state index in [0.717, 1.165) is 31.7 Å². The first kappa shape index (κ1) is 14.4. The van der Waals surface area contributed by atoms with Crippen molar-refractivity contribution in [2.24, 2.45) is 5.73 Å². The Hall–Kier alpha value is -0.970. The number of piperazine rings is 1. The van der Waals surface area contributed by atoms with Crippen LogP contribution in [0.25, 0.3) is 0 Å². The molecule has 3 nitrogen and oxygen atoms in total. The van der Waals surface area contributed by atoms with E-state index in [4.69, 9.17) is 18.0 Å². The van der Waals surface area contributed by atoms with Gasteiger partial charge in [0.15, 0.2) is 0 Å². The molecular formula is C15H23N3S. The molecule has 1 aliphatic rings. The minimum absolute atomic E-state index is 0.475. The molecule has 0 aromatic heterocycles. The van der Waals surface area contributed by atoms with E-state index < -0.39 is 0 Å². The lowest BCUT2D eigenvalue weighted by Crippen LogP contribution is -2.49. The van der Waals surface area contributed by atoms with Gasteiger partial charge in [0.05, 0.1) is 0 Å². The molecule has 0 aliphatic carbocycles. The van der Waals surface area contributed by atoms with E-state index in [1.807, 2.05) is 6.07 Å². The standard InChI is InChI=1S/C15H23N3S/c1-11-8-13(15(16)19)4-5-14(11)10-18-7-6-17(3)9-12(18)2/h4-5,8,12H,6-7,9-10H2,1-3H3,(H2,16,19). The van der Waals surface area contributed by atoms with Gasteiger partial charge in [0.25, 0.3) is 0 Å². The Kier molecular flexibility index (Phi) is 4.55. The minimum atomic E-state index is 0.475. The average Bonchev–Trinajstić information content (AvgIpc) is 2.34. The van der Waals surface area contributed by atoms with Gasteiger partial charge in [0.1, 0.15) is 4.99 Å². The fourth-order valence-corrected chi connectivity index (χ4v) is 2.78. The molecule has 0 amide bonds. The molecule has 19 heavy (non-hydrogen) atoms. The van der Waals surface area contributed by atoms with Gasteiger partial charge in [-0.05, 0) is 38.1 Å². The summed E-state index contributed by atoms with van der Waals surface area (Å²) in [5, 5.41) is 0. The molecule has 4 heteroatoms. The maximum atomic E-state index is 5.67. The highest BCUT2D eigenvalue weighted by atomic mass is 32.1. The van der Waals surface area contributed by atoms with E-state index in [1.54, 1.807) is 0 Å². The zero-order valence-electron chi connectivity index (χ0n) is 12.0. The van der Waals surface area contributed by atoms with Gasteiger partial charge in [-0.25, -0.2) is 0 Å². The molecule has 1 aromatic carbocycles. The zero-order valence-corrected chi connectivity index (χ0v) is 12.8. The summed E-state index contributed by atoms with van der Waals surface area (Å²) in [5.41, 5.74) is 9.28. The molecule has 0 spiro atoms. The van der Waals surface area contributed by atoms with Crippen LogP contribution in [0.5, 0.6) is 0 Å². The predicted molar refractivity (Wildman–Crippen MR) is 84.4 cm³/mol. The summed E-state index contributed by atoms with van der Waals surface area (Å²) in [4.78, 5) is 5.41. The van der Waals surface area contributed by atoms with Crippen molar-refractivity contribution >= 4 is 17.2 Å². The Balaban J connectivity index is 2.09. The molecule has 2 rings (SSSR count). The van der Waals surface area contributed by atoms with Crippen LogP contribution in [0.1, 0.15) is 23.6 Å². The summed E-state index contributed by atoms with van der Waals surface area (Å²) < 4.78 is 0. The van der Waals surface area contributed by atoms with Gasteiger partial charge in [-0.3, -0.25) is 4.90 Å². The topological polar surface area (TPSA) is 32.5 Å². The third-order valence-electron chi connectivity index (χ3n) is 3.97. The van der Waals surface area contributed by atoms with E-state index >= 15 is 0 Å². The highest BCUT2D eigenvalue weighted by Gasteiger charge is 2.21. The summed E-state index contributed by atoms with van der Waals surface area (Å²) in [6, 6.07) is 6.90. The van der Waals surface area contributed by atoms with E-state index in [-0.39, 0.29) is 0 Å². The van der Waals surface area contributed by atoms with Crippen molar-refractivity contribution in [3.63, 3.8) is 0 Å². The van der Waals surface area contributed by atoms with Crippen molar-refractivity contribution < 1.29 is 0 Å². The number of aryl methyl sites for hydroxylation is 1. The van der Waals surface area contributed by atoms with Gasteiger partial charge < -0.3 is 10.6 Å². The average molecular weight is 277 g/mol. The fourth-order valence-electron chi connectivity index (χ4n) is 2.66. The van der Waals surface area contributed by atoms with Crippen LogP contribution >= 0.6 is 12.2 Å². The molecular weight excluding hydrogens is 254 g/mol. The molecule has 1 fully saturated rings. The Labute approximate surface area is 121 Å². The normalized spacial score (nSPS) is 21.5. The second-order valence-corrected chi connectivity index (χ2v) is 6.03. The first-order valence-corrected chi connectivity index (χ1v) is 7.20. The number of rotatable bonds is 3. The first-order valence-electron chi connectivity index (χ1n) is 6.79. The van der Waals surface area contributed by atoms with Crippen molar-refractivity contribution in [1.82, 2.24) is 9.80 Å². The van der Waals surface area contributed by atoms with Crippen LogP contribution in [-0.2, 0) is 6.54 Å². The van der Waals surface area contributed by atoms with Crippen molar-refractivity contribution in [1.29, 1.82) is 0 Å². The number of benzene rings is 1. The molecule has 1 atom stereocenters. The van der Waals surface area contributed by atoms with Crippen molar-refractivity contribution in [2.75, 3.05) is 26.7 Å². The molecule has 1 aliphatic heterocycles. The molecule has 104 valence electrons. The Morgan fingerprint density at radius 3 is 2.74 bits per heavy atom. The summed E-state index contributed by atoms with van der Waals surface area (Å²) in [7, 11) is 2.19. The zero-order chi connectivity index (χ0) is 14.0. The lowest BCUT2D eigenvalue weighted by Gasteiger charge is -2.38. The molecule has 1 saturated heterocycles. The van der Waals surface area contributed by atoms with Gasteiger partial charge in [0.2, 0.25) is 0 Å². The lowest BCUT2D eigenvalue weighted by atomic mass is 10.0. The fraction of sp³-hybridized carbons (Fsp3) is 0.533. The number of likely N-dealkylation sites (N-methyl/N-ethyl adjacent to an activating group) is 1. The number of hydrogen-bond acceptors (Lipinski definition) is 3. The summed E-state index contributed by atoms with van der Waals surface area (Å²) in [5.74, 6) is 0. The van der Waals surface area contributed by atoms with Crippen LogP contribution in [0.2, 0.25) is 0 Å². The highest BCUT2D eigenvalue weighted by Crippen LogP contribution is 2.17. The van der Waals surface area contributed by atoms with E-state index in [1.165, 1.54) is 11.1 Å². The van der Waals surface area contributed by atoms with Crippen LogP contribution < -0.4 is 5.73 Å². The smallest absolute Gasteiger partial charge is 0.103 e. The van der Waals surface area contributed by atoms with E-state index in [2.05, 4.69) is 42.8 Å². The number of thiocarbonyl (C=S) groups is 1. The quantitative estimate of drug-likeness (QED) is 0.854. The van der Waals surface area contributed by atoms with Crippen molar-refractivity contribution in [3.8, 4) is 0 Å². The highest BCUT2D eigenvalue weighted by molar-refractivity contribution is 7.80. The molecule has 0 bridgehead atoms. The van der Waals surface area contributed by atoms with Crippen molar-refractivity contribution in [3.05, 3.63) is 34.9 Å². The number of nitrogens with two attached hydrogens (primary N) is 1. The van der Waals surface area contributed by atoms with Gasteiger partial charge >= 0.3 is 0 Å². The predicted octanol–water partition coefficient (Wildman–Crippen LogP) is 1.77. The van der Waals surface area contributed by atoms with Gasteiger partial charge in [-0.1, -0.05) is 24.4 Å². The largest absolute Gasteiger partial charge is 0.389 e. The van der Waals surface area contributed by atoms with Gasteiger partial charge in [-0.15, -0.1) is 0 Å². The second kappa shape index (κ2) is 5.99. The van der Waals surface area contributed by atoms with Gasteiger partial charge in [-0.2, -0.15) is 0 Å². The van der Waals surface area contributed by atoms with Crippen molar-refractivity contribution in [2.45, 2.75) is 26.4 Å². The maximum absolute atomic E-state index is 5.67.